The van der Waals surface area contributed by atoms with E-state index in [4.69, 9.17) is 23.8 Å². The third-order valence-corrected chi connectivity index (χ3v) is 2.37. The van der Waals surface area contributed by atoms with Gasteiger partial charge in [0.15, 0.2) is 5.96 Å². The van der Waals surface area contributed by atoms with Crippen LogP contribution in [0.4, 0.5) is 0 Å². The summed E-state index contributed by atoms with van der Waals surface area (Å²) < 4.78 is 0. The van der Waals surface area contributed by atoms with Gasteiger partial charge in [-0.25, -0.2) is 4.99 Å². The minimum absolute atomic E-state index is 0.146. The summed E-state index contributed by atoms with van der Waals surface area (Å²) in [5, 5.41) is 3.74. The zero-order chi connectivity index (χ0) is 13.8. The van der Waals surface area contributed by atoms with E-state index >= 15 is 0 Å². The highest BCUT2D eigenvalue weighted by Gasteiger charge is 2.12. The van der Waals surface area contributed by atoms with Crippen LogP contribution in [0.3, 0.4) is 0 Å². The van der Waals surface area contributed by atoms with E-state index < -0.39 is 6.04 Å². The normalized spacial score (nSPS) is 13.8. The van der Waals surface area contributed by atoms with Crippen molar-refractivity contribution in [2.45, 2.75) is 32.4 Å². The van der Waals surface area contributed by atoms with E-state index in [9.17, 15) is 0 Å². The molecule has 0 amide bonds. The molecule has 0 saturated heterocycles. The van der Waals surface area contributed by atoms with Gasteiger partial charge in [0.1, 0.15) is 6.04 Å². The molecule has 18 heavy (non-hydrogen) atoms. The van der Waals surface area contributed by atoms with Gasteiger partial charge in [0.25, 0.3) is 0 Å². The predicted octanol–water partition coefficient (Wildman–Crippen LogP) is 2.72. The number of nitrogens with two attached hydrogens (primary N) is 1. The van der Waals surface area contributed by atoms with E-state index in [0.717, 1.165) is 5.56 Å². The van der Waals surface area contributed by atoms with Gasteiger partial charge in [-0.15, -0.1) is 6.42 Å². The molecule has 1 aromatic rings. The van der Waals surface area contributed by atoms with E-state index in [1.165, 1.54) is 0 Å². The molecule has 0 heterocycles. The average molecular weight is 264 g/mol. The Morgan fingerprint density at radius 1 is 1.39 bits per heavy atom. The number of aliphatic imine (C=N–C) groups is 1. The van der Waals surface area contributed by atoms with Gasteiger partial charge in [-0.2, -0.15) is 0 Å². The number of nitrogens with zero attached hydrogens (tertiary/aromatic N) is 1. The summed E-state index contributed by atoms with van der Waals surface area (Å²) in [7, 11) is 0. The summed E-state index contributed by atoms with van der Waals surface area (Å²) in [5.74, 6) is 2.94. The standard InChI is InChI=1S/C14H18ClN3/c1-5-12(10-6-8-11(15)9-7-10)17-13(16)18-14(2,3)4/h1,6-9,12H,2-4H3,(H3,16,17,18). The number of guanidine groups is 1. The first-order valence-electron chi connectivity index (χ1n) is 5.65. The number of rotatable bonds is 2. The summed E-state index contributed by atoms with van der Waals surface area (Å²) in [4.78, 5) is 4.28. The molecule has 0 radical (unpaired) electrons. The van der Waals surface area contributed by atoms with Gasteiger partial charge in [0.05, 0.1) is 0 Å². The molecule has 4 heteroatoms. The zero-order valence-corrected chi connectivity index (χ0v) is 11.6. The van der Waals surface area contributed by atoms with Crippen molar-refractivity contribution in [3.8, 4) is 12.3 Å². The molecule has 0 fully saturated rings. The van der Waals surface area contributed by atoms with Gasteiger partial charge in [-0.3, -0.25) is 0 Å². The zero-order valence-electron chi connectivity index (χ0n) is 10.9. The van der Waals surface area contributed by atoms with Gasteiger partial charge in [-0.05, 0) is 38.5 Å². The number of benzene rings is 1. The lowest BCUT2D eigenvalue weighted by atomic mass is 10.1. The van der Waals surface area contributed by atoms with E-state index in [1.54, 1.807) is 12.1 Å². The molecular formula is C14H18ClN3. The van der Waals surface area contributed by atoms with E-state index in [2.05, 4.69) is 16.2 Å². The fourth-order valence-electron chi connectivity index (χ4n) is 1.41. The van der Waals surface area contributed by atoms with Crippen LogP contribution in [0.5, 0.6) is 0 Å². The monoisotopic (exact) mass is 263 g/mol. The minimum atomic E-state index is -0.405. The van der Waals surface area contributed by atoms with Crippen molar-refractivity contribution in [1.29, 1.82) is 0 Å². The van der Waals surface area contributed by atoms with Crippen molar-refractivity contribution in [3.05, 3.63) is 34.9 Å². The maximum atomic E-state index is 5.83. The molecule has 1 rings (SSSR count). The number of hydrogen-bond donors (Lipinski definition) is 2. The molecule has 1 atom stereocenters. The Kier molecular flexibility index (Phi) is 4.63. The van der Waals surface area contributed by atoms with Crippen LogP contribution in [0.1, 0.15) is 32.4 Å². The molecule has 1 aromatic carbocycles. The summed E-state index contributed by atoms with van der Waals surface area (Å²) in [6, 6.07) is 6.85. The molecule has 0 saturated carbocycles. The van der Waals surface area contributed by atoms with Gasteiger partial charge in [0.2, 0.25) is 0 Å². The highest BCUT2D eigenvalue weighted by atomic mass is 35.5. The van der Waals surface area contributed by atoms with Crippen molar-refractivity contribution < 1.29 is 0 Å². The topological polar surface area (TPSA) is 50.4 Å². The van der Waals surface area contributed by atoms with Crippen molar-refractivity contribution in [1.82, 2.24) is 5.32 Å². The minimum Gasteiger partial charge on any atom is -0.370 e. The largest absolute Gasteiger partial charge is 0.370 e. The fourth-order valence-corrected chi connectivity index (χ4v) is 1.53. The Bertz CT molecular complexity index is 463. The highest BCUT2D eigenvalue weighted by molar-refractivity contribution is 6.30. The van der Waals surface area contributed by atoms with Crippen LogP contribution < -0.4 is 11.1 Å². The molecule has 0 aliphatic carbocycles. The SMILES string of the molecule is C#CC(N=C(N)NC(C)(C)C)c1ccc(Cl)cc1. The Morgan fingerprint density at radius 3 is 2.39 bits per heavy atom. The quantitative estimate of drug-likeness (QED) is 0.490. The van der Waals surface area contributed by atoms with Crippen LogP contribution in [0.2, 0.25) is 5.02 Å². The molecule has 0 aliphatic rings. The Hall–Kier alpha value is -1.66. The molecule has 0 spiro atoms. The van der Waals surface area contributed by atoms with Crippen LogP contribution in [-0.4, -0.2) is 11.5 Å². The molecule has 1 unspecified atom stereocenters. The first-order chi connectivity index (χ1) is 8.31. The Balaban J connectivity index is 2.89. The number of nitrogens with one attached hydrogen (secondary N) is 1. The predicted molar refractivity (Wildman–Crippen MR) is 77.5 cm³/mol. The molecule has 3 nitrogen and oxygen atoms in total. The maximum Gasteiger partial charge on any atom is 0.190 e. The van der Waals surface area contributed by atoms with Crippen molar-refractivity contribution >= 4 is 17.6 Å². The van der Waals surface area contributed by atoms with Gasteiger partial charge in [-0.1, -0.05) is 29.7 Å². The molecule has 3 N–H and O–H groups in total. The third kappa shape index (κ3) is 4.68. The first-order valence-corrected chi connectivity index (χ1v) is 6.02. The maximum absolute atomic E-state index is 5.83. The lowest BCUT2D eigenvalue weighted by Crippen LogP contribution is -2.45. The van der Waals surface area contributed by atoms with Crippen LogP contribution in [0.15, 0.2) is 29.3 Å². The second kappa shape index (κ2) is 5.79. The van der Waals surface area contributed by atoms with Gasteiger partial charge in [0, 0.05) is 10.6 Å². The summed E-state index contributed by atoms with van der Waals surface area (Å²) in [5.41, 5.74) is 6.56. The van der Waals surface area contributed by atoms with E-state index in [-0.39, 0.29) is 5.54 Å². The highest BCUT2D eigenvalue weighted by Crippen LogP contribution is 2.19. The Morgan fingerprint density at radius 2 is 1.94 bits per heavy atom. The van der Waals surface area contributed by atoms with Crippen molar-refractivity contribution in [2.24, 2.45) is 10.7 Å². The number of terminal acetylenes is 1. The second-order valence-electron chi connectivity index (χ2n) is 5.01. The lowest BCUT2D eigenvalue weighted by Gasteiger charge is -2.21. The first kappa shape index (κ1) is 14.4. The molecule has 0 aliphatic heterocycles. The van der Waals surface area contributed by atoms with Crippen LogP contribution in [0.25, 0.3) is 0 Å². The van der Waals surface area contributed by atoms with Crippen molar-refractivity contribution in [3.63, 3.8) is 0 Å². The average Bonchev–Trinajstić information content (AvgIpc) is 2.25. The second-order valence-corrected chi connectivity index (χ2v) is 5.45. The summed E-state index contributed by atoms with van der Waals surface area (Å²) in [6.07, 6.45) is 5.48. The number of halogens is 1. The molecular weight excluding hydrogens is 246 g/mol. The van der Waals surface area contributed by atoms with E-state index in [0.29, 0.717) is 11.0 Å². The smallest absolute Gasteiger partial charge is 0.190 e. The van der Waals surface area contributed by atoms with Gasteiger partial charge < -0.3 is 11.1 Å². The molecule has 96 valence electrons. The van der Waals surface area contributed by atoms with Crippen LogP contribution in [-0.2, 0) is 0 Å². The van der Waals surface area contributed by atoms with Crippen LogP contribution >= 0.6 is 11.6 Å². The third-order valence-electron chi connectivity index (χ3n) is 2.11. The summed E-state index contributed by atoms with van der Waals surface area (Å²) in [6.45, 7) is 6.01. The lowest BCUT2D eigenvalue weighted by molar-refractivity contribution is 0.507. The Labute approximate surface area is 113 Å². The fraction of sp³-hybridized carbons (Fsp3) is 0.357. The number of hydrogen-bond acceptors (Lipinski definition) is 1. The van der Waals surface area contributed by atoms with Crippen molar-refractivity contribution in [2.75, 3.05) is 0 Å². The summed E-state index contributed by atoms with van der Waals surface area (Å²) >= 11 is 5.83. The molecule has 0 bridgehead atoms. The van der Waals surface area contributed by atoms with Gasteiger partial charge >= 0.3 is 0 Å². The van der Waals surface area contributed by atoms with E-state index in [1.807, 2.05) is 32.9 Å². The molecule has 0 aromatic heterocycles. The van der Waals surface area contributed by atoms with Crippen LogP contribution in [0, 0.1) is 12.3 Å².